The maximum atomic E-state index is 12.7. The number of likely N-dealkylation sites (N-methyl/N-ethyl adjacent to an activating group) is 2. The number of rotatable bonds is 26. The van der Waals surface area contributed by atoms with Crippen LogP contribution in [0.4, 0.5) is 35.2 Å². The summed E-state index contributed by atoms with van der Waals surface area (Å²) in [6.45, 7) is 0.603. The van der Waals surface area contributed by atoms with Crippen molar-refractivity contribution in [3.8, 4) is 12.0 Å². The van der Waals surface area contributed by atoms with Gasteiger partial charge in [-0.25, -0.2) is 0 Å². The fourth-order valence-electron chi connectivity index (χ4n) is 5.35. The first-order valence-corrected chi connectivity index (χ1v) is 21.8. The van der Waals surface area contributed by atoms with E-state index in [2.05, 4.69) is 40.5 Å². The van der Waals surface area contributed by atoms with Crippen molar-refractivity contribution < 1.29 is 55.8 Å². The van der Waals surface area contributed by atoms with E-state index in [9.17, 15) is 46.4 Å². The number of anilines is 6. The number of ether oxygens (including phenoxy) is 2. The standard InChI is InChI=1S/C36H52N12O12S2/c1-45(2)15-21-59-35-41-31(39-33(43-35)47(11-17-49)12-18-50)37-27-9-7-25(29(23-27)61(53,54)55)5-6-26-8-10-28(24-30(26)62(56,57)58)38-32-40-34(48(13-19-51)14-20-52)44-36(42-32)60-22-16-46(3)4/h5-10,23-24,49-52H,11-22H2,1-4H3,(H,53,54,55)(H,56,57,58)(H,37,39,41,43)(H,38,40,42,44)/b6-5+. The molecule has 2 aromatic carbocycles. The largest absolute Gasteiger partial charge is 0.462 e. The number of nitrogens with zero attached hydrogens (tertiary/aromatic N) is 10. The van der Waals surface area contributed by atoms with Crippen LogP contribution in [-0.4, -0.2) is 193 Å². The fraction of sp³-hybridized carbons (Fsp3) is 0.444. The van der Waals surface area contributed by atoms with Crippen molar-refractivity contribution in [1.29, 1.82) is 0 Å². The highest BCUT2D eigenvalue weighted by atomic mass is 32.2. The average molecular weight is 909 g/mol. The zero-order valence-corrected chi connectivity index (χ0v) is 36.2. The van der Waals surface area contributed by atoms with Gasteiger partial charge in [-0.05, 0) is 63.6 Å². The summed E-state index contributed by atoms with van der Waals surface area (Å²) in [5.74, 6) is -0.0982. The molecule has 0 spiro atoms. The van der Waals surface area contributed by atoms with Gasteiger partial charge in [-0.3, -0.25) is 9.11 Å². The summed E-state index contributed by atoms with van der Waals surface area (Å²) in [6, 6.07) is 7.49. The molecule has 26 heteroatoms. The van der Waals surface area contributed by atoms with Crippen LogP contribution in [0.5, 0.6) is 12.0 Å². The first-order valence-electron chi connectivity index (χ1n) is 18.9. The van der Waals surface area contributed by atoms with Gasteiger partial charge in [0.25, 0.3) is 20.2 Å². The minimum Gasteiger partial charge on any atom is -0.462 e. The molecule has 0 amide bonds. The second-order valence-corrected chi connectivity index (χ2v) is 16.5. The Labute approximate surface area is 359 Å². The number of aromatic nitrogens is 6. The predicted molar refractivity (Wildman–Crippen MR) is 229 cm³/mol. The normalized spacial score (nSPS) is 12.0. The molecule has 2 heterocycles. The molecule has 0 fully saturated rings. The van der Waals surface area contributed by atoms with Crippen molar-refractivity contribution in [2.45, 2.75) is 9.79 Å². The van der Waals surface area contributed by atoms with Gasteiger partial charge in [0.2, 0.25) is 23.8 Å². The zero-order chi connectivity index (χ0) is 45.5. The molecule has 4 rings (SSSR count). The first-order chi connectivity index (χ1) is 29.4. The van der Waals surface area contributed by atoms with Crippen LogP contribution in [-0.2, 0) is 20.2 Å². The molecule has 24 nitrogen and oxygen atoms in total. The third-order valence-electron chi connectivity index (χ3n) is 8.33. The van der Waals surface area contributed by atoms with Crippen molar-refractivity contribution in [2.75, 3.05) is 128 Å². The predicted octanol–water partition coefficient (Wildman–Crippen LogP) is -0.330. The third kappa shape index (κ3) is 15.2. The molecular weight excluding hydrogens is 857 g/mol. The number of nitrogens with one attached hydrogen (secondary N) is 2. The summed E-state index contributed by atoms with van der Waals surface area (Å²) in [7, 11) is -2.43. The number of aliphatic hydroxyl groups excluding tert-OH is 4. The molecule has 0 aliphatic rings. The van der Waals surface area contributed by atoms with Gasteiger partial charge in [-0.2, -0.15) is 46.7 Å². The molecule has 8 N–H and O–H groups in total. The summed E-state index contributed by atoms with van der Waals surface area (Å²) in [5.41, 5.74) is 0.0503. The Morgan fingerprint density at radius 3 is 1.21 bits per heavy atom. The van der Waals surface area contributed by atoms with Gasteiger partial charge < -0.3 is 60.1 Å². The number of aliphatic hydroxyl groups is 4. The third-order valence-corrected chi connectivity index (χ3v) is 10.1. The lowest BCUT2D eigenvalue weighted by Gasteiger charge is -2.21. The molecule has 4 aromatic rings. The quantitative estimate of drug-likeness (QED) is 0.0295. The van der Waals surface area contributed by atoms with Crippen LogP contribution in [0.25, 0.3) is 12.2 Å². The van der Waals surface area contributed by atoms with Gasteiger partial charge in [0, 0.05) is 50.6 Å². The van der Waals surface area contributed by atoms with Crippen molar-refractivity contribution in [3.63, 3.8) is 0 Å². The molecule has 2 aromatic heterocycles. The van der Waals surface area contributed by atoms with Crippen LogP contribution in [0.1, 0.15) is 11.1 Å². The summed E-state index contributed by atoms with van der Waals surface area (Å²) in [5, 5.41) is 44.0. The van der Waals surface area contributed by atoms with Gasteiger partial charge >= 0.3 is 12.0 Å². The van der Waals surface area contributed by atoms with E-state index in [4.69, 9.17) is 9.47 Å². The Kier molecular flexibility index (Phi) is 18.4. The molecular formula is C36H52N12O12S2. The van der Waals surface area contributed by atoms with E-state index in [1.54, 1.807) is 0 Å². The first kappa shape index (κ1) is 49.2. The Morgan fingerprint density at radius 2 is 0.903 bits per heavy atom. The maximum absolute atomic E-state index is 12.7. The highest BCUT2D eigenvalue weighted by molar-refractivity contribution is 7.86. The van der Waals surface area contributed by atoms with E-state index < -0.39 is 30.0 Å². The van der Waals surface area contributed by atoms with Gasteiger partial charge in [0.15, 0.2) is 0 Å². The van der Waals surface area contributed by atoms with Gasteiger partial charge in [0.05, 0.1) is 26.4 Å². The molecule has 0 saturated heterocycles. The lowest BCUT2D eigenvalue weighted by Crippen LogP contribution is -2.31. The van der Waals surface area contributed by atoms with Crippen LogP contribution < -0.4 is 29.9 Å². The molecule has 62 heavy (non-hydrogen) atoms. The molecule has 340 valence electrons. The van der Waals surface area contributed by atoms with Crippen molar-refractivity contribution >= 4 is 67.6 Å². The number of hydrogen-bond donors (Lipinski definition) is 8. The van der Waals surface area contributed by atoms with Gasteiger partial charge in [-0.15, -0.1) is 0 Å². The molecule has 0 radical (unpaired) electrons. The minimum atomic E-state index is -4.91. The Bertz CT molecular complexity index is 2170. The fourth-order valence-corrected chi connectivity index (χ4v) is 6.76. The molecule has 0 bridgehead atoms. The molecule has 0 atom stereocenters. The van der Waals surface area contributed by atoms with Gasteiger partial charge in [-0.1, -0.05) is 24.3 Å². The Hall–Kier alpha value is -5.42. The van der Waals surface area contributed by atoms with Crippen LogP contribution >= 0.6 is 0 Å². The number of benzene rings is 2. The van der Waals surface area contributed by atoms with Crippen molar-refractivity contribution in [3.05, 3.63) is 47.5 Å². The molecule has 0 aliphatic heterocycles. The maximum Gasteiger partial charge on any atom is 0.323 e. The second kappa shape index (κ2) is 23.1. The smallest absolute Gasteiger partial charge is 0.323 e. The lowest BCUT2D eigenvalue weighted by atomic mass is 10.1. The van der Waals surface area contributed by atoms with Crippen LogP contribution in [0, 0.1) is 0 Å². The number of hydrogen-bond acceptors (Lipinski definition) is 22. The highest BCUT2D eigenvalue weighted by Gasteiger charge is 2.21. The Balaban J connectivity index is 1.68. The summed E-state index contributed by atoms with van der Waals surface area (Å²) in [4.78, 5) is 31.3. The van der Waals surface area contributed by atoms with E-state index in [0.29, 0.717) is 13.1 Å². The Morgan fingerprint density at radius 1 is 0.548 bits per heavy atom. The van der Waals surface area contributed by atoms with E-state index in [0.717, 1.165) is 12.1 Å². The SMILES string of the molecule is CN(C)CCOc1nc(Nc2ccc(/C=C/c3ccc(Nc4nc(OCCN(C)C)nc(N(CCO)CCO)n4)cc3S(=O)(=O)O)c(S(=O)(=O)O)c2)nc(N(CCO)CCO)n1. The summed E-state index contributed by atoms with van der Waals surface area (Å²) < 4.78 is 82.5. The summed E-state index contributed by atoms with van der Waals surface area (Å²) >= 11 is 0. The van der Waals surface area contributed by atoms with Crippen LogP contribution in [0.2, 0.25) is 0 Å². The highest BCUT2D eigenvalue weighted by Crippen LogP contribution is 2.29. The lowest BCUT2D eigenvalue weighted by molar-refractivity contribution is 0.244. The topological polar surface area (TPSA) is 322 Å². The minimum absolute atomic E-state index is 0.0473. The monoisotopic (exact) mass is 908 g/mol. The van der Waals surface area contributed by atoms with E-state index in [1.807, 2.05) is 38.0 Å². The molecule has 0 aliphatic carbocycles. The van der Waals surface area contributed by atoms with Gasteiger partial charge in [0.1, 0.15) is 23.0 Å². The molecule has 0 saturated carbocycles. The summed E-state index contributed by atoms with van der Waals surface area (Å²) in [6.07, 6.45) is 2.44. The second-order valence-electron chi connectivity index (χ2n) is 13.7. The van der Waals surface area contributed by atoms with E-state index >= 15 is 0 Å². The van der Waals surface area contributed by atoms with E-state index in [-0.39, 0.29) is 124 Å². The zero-order valence-electron chi connectivity index (χ0n) is 34.5. The van der Waals surface area contributed by atoms with Crippen molar-refractivity contribution in [2.24, 2.45) is 0 Å². The van der Waals surface area contributed by atoms with Crippen molar-refractivity contribution in [1.82, 2.24) is 39.7 Å². The van der Waals surface area contributed by atoms with Crippen LogP contribution in [0.3, 0.4) is 0 Å². The molecule has 0 unspecified atom stereocenters. The average Bonchev–Trinajstić information content (AvgIpc) is 3.19. The van der Waals surface area contributed by atoms with Crippen LogP contribution in [0.15, 0.2) is 46.2 Å². The van der Waals surface area contributed by atoms with E-state index in [1.165, 1.54) is 46.2 Å².